The van der Waals surface area contributed by atoms with Crippen molar-refractivity contribution in [1.82, 2.24) is 24.4 Å². The highest BCUT2D eigenvalue weighted by molar-refractivity contribution is 7.99. The third-order valence-corrected chi connectivity index (χ3v) is 8.00. The number of rotatable bonds is 7. The van der Waals surface area contributed by atoms with Gasteiger partial charge in [-0.2, -0.15) is 4.31 Å². The summed E-state index contributed by atoms with van der Waals surface area (Å²) in [5.41, 5.74) is 0.825. The maximum atomic E-state index is 12.6. The molecule has 8 nitrogen and oxygen atoms in total. The Hall–Kier alpha value is -2.47. The van der Waals surface area contributed by atoms with Crippen LogP contribution in [0.5, 0.6) is 0 Å². The van der Waals surface area contributed by atoms with E-state index in [0.717, 1.165) is 10.4 Å². The summed E-state index contributed by atoms with van der Waals surface area (Å²) in [7, 11) is -3.52. The number of aromatic amines is 1. The molecule has 0 bridgehead atoms. The zero-order valence-electron chi connectivity index (χ0n) is 16.5. The number of hydrogen-bond acceptors (Lipinski definition) is 7. The van der Waals surface area contributed by atoms with Gasteiger partial charge in [0.2, 0.25) is 21.1 Å². The van der Waals surface area contributed by atoms with Crippen LogP contribution in [0.3, 0.4) is 0 Å². The molecule has 1 saturated heterocycles. The lowest BCUT2D eigenvalue weighted by atomic mass is 10.2. The fourth-order valence-electron chi connectivity index (χ4n) is 3.06. The number of nitrogens with zero attached hydrogens (tertiary/aromatic N) is 4. The van der Waals surface area contributed by atoms with Gasteiger partial charge in [-0.15, -0.1) is 16.4 Å². The van der Waals surface area contributed by atoms with E-state index < -0.39 is 10.0 Å². The molecule has 1 N–H and O–H groups in total. The first-order valence-electron chi connectivity index (χ1n) is 9.61. The van der Waals surface area contributed by atoms with Crippen molar-refractivity contribution in [1.29, 1.82) is 0 Å². The van der Waals surface area contributed by atoms with Crippen LogP contribution in [-0.4, -0.2) is 70.6 Å². The van der Waals surface area contributed by atoms with Crippen molar-refractivity contribution < 1.29 is 13.2 Å². The minimum absolute atomic E-state index is 0.0515. The molecule has 11 heteroatoms. The van der Waals surface area contributed by atoms with Crippen LogP contribution in [0.2, 0.25) is 0 Å². The van der Waals surface area contributed by atoms with Crippen molar-refractivity contribution in [2.24, 2.45) is 0 Å². The van der Waals surface area contributed by atoms with E-state index in [9.17, 15) is 13.2 Å². The molecule has 1 aliphatic heterocycles. The number of thioether (sulfide) groups is 1. The molecule has 162 valence electrons. The number of benzene rings is 1. The monoisotopic (exact) mass is 475 g/mol. The predicted octanol–water partition coefficient (Wildman–Crippen LogP) is 2.77. The first kappa shape index (κ1) is 21.8. The Labute approximate surface area is 189 Å². The van der Waals surface area contributed by atoms with Crippen LogP contribution >= 0.6 is 23.1 Å². The van der Waals surface area contributed by atoms with Crippen molar-refractivity contribution in [2.75, 3.05) is 31.9 Å². The normalized spacial score (nSPS) is 15.5. The van der Waals surface area contributed by atoms with Crippen LogP contribution in [0.4, 0.5) is 0 Å². The minimum Gasteiger partial charge on any atom is -0.339 e. The molecule has 1 aliphatic rings. The van der Waals surface area contributed by atoms with Gasteiger partial charge in [-0.25, -0.2) is 13.4 Å². The molecular weight excluding hydrogens is 454 g/mol. The molecule has 0 atom stereocenters. The lowest BCUT2D eigenvalue weighted by Crippen LogP contribution is -2.50. The van der Waals surface area contributed by atoms with Crippen molar-refractivity contribution in [2.45, 2.75) is 5.16 Å². The summed E-state index contributed by atoms with van der Waals surface area (Å²) in [6.07, 6.45) is 1.59. The van der Waals surface area contributed by atoms with E-state index >= 15 is 0 Å². The molecule has 4 rings (SSSR count). The van der Waals surface area contributed by atoms with E-state index in [1.165, 1.54) is 21.5 Å². The summed E-state index contributed by atoms with van der Waals surface area (Å²) in [6, 6.07) is 13.2. The van der Waals surface area contributed by atoms with E-state index in [-0.39, 0.29) is 24.7 Å². The molecule has 0 radical (unpaired) electrons. The van der Waals surface area contributed by atoms with E-state index in [2.05, 4.69) is 15.2 Å². The summed E-state index contributed by atoms with van der Waals surface area (Å²) >= 11 is 2.83. The molecule has 0 aliphatic carbocycles. The van der Waals surface area contributed by atoms with Crippen molar-refractivity contribution in [3.05, 3.63) is 58.8 Å². The number of carbonyl (C=O) groups excluding carboxylic acids is 1. The van der Waals surface area contributed by atoms with Gasteiger partial charge in [-0.3, -0.25) is 9.89 Å². The second-order valence-corrected chi connectivity index (χ2v) is 10.5. The number of aromatic nitrogens is 3. The largest absolute Gasteiger partial charge is 0.339 e. The Bertz CT molecular complexity index is 1140. The highest BCUT2D eigenvalue weighted by atomic mass is 32.2. The van der Waals surface area contributed by atoms with E-state index in [1.54, 1.807) is 22.3 Å². The van der Waals surface area contributed by atoms with Crippen LogP contribution in [-0.2, 0) is 14.8 Å². The van der Waals surface area contributed by atoms with Crippen molar-refractivity contribution in [3.63, 3.8) is 0 Å². The van der Waals surface area contributed by atoms with Gasteiger partial charge in [0.25, 0.3) is 0 Å². The highest BCUT2D eigenvalue weighted by Crippen LogP contribution is 2.23. The number of hydrogen-bond donors (Lipinski definition) is 1. The summed E-state index contributed by atoms with van der Waals surface area (Å²) in [5, 5.41) is 10.7. The number of amides is 1. The van der Waals surface area contributed by atoms with Gasteiger partial charge < -0.3 is 4.90 Å². The molecular formula is C20H21N5O3S3. The summed E-state index contributed by atoms with van der Waals surface area (Å²) in [5.74, 6) is 0.847. The molecule has 1 aromatic carbocycles. The molecule has 3 aromatic rings. The van der Waals surface area contributed by atoms with Crippen LogP contribution in [0.15, 0.2) is 58.4 Å². The van der Waals surface area contributed by atoms with E-state index in [1.807, 2.05) is 47.8 Å². The highest BCUT2D eigenvalue weighted by Gasteiger charge is 2.27. The van der Waals surface area contributed by atoms with Gasteiger partial charge in [0.1, 0.15) is 0 Å². The zero-order chi connectivity index (χ0) is 21.7. The molecule has 0 saturated carbocycles. The molecule has 1 fully saturated rings. The summed E-state index contributed by atoms with van der Waals surface area (Å²) in [4.78, 5) is 19.6. The van der Waals surface area contributed by atoms with Crippen LogP contribution in [0.25, 0.3) is 16.8 Å². The second-order valence-electron chi connectivity index (χ2n) is 6.77. The smallest absolute Gasteiger partial charge is 0.236 e. The van der Waals surface area contributed by atoms with Gasteiger partial charge in [-0.1, -0.05) is 48.2 Å². The van der Waals surface area contributed by atoms with Gasteiger partial charge >= 0.3 is 0 Å². The van der Waals surface area contributed by atoms with Gasteiger partial charge in [0.05, 0.1) is 10.6 Å². The van der Waals surface area contributed by atoms with E-state index in [0.29, 0.717) is 24.1 Å². The zero-order valence-corrected chi connectivity index (χ0v) is 19.0. The Balaban J connectivity index is 1.26. The van der Waals surface area contributed by atoms with Crippen LogP contribution < -0.4 is 0 Å². The van der Waals surface area contributed by atoms with Crippen LogP contribution in [0, 0.1) is 0 Å². The first-order valence-corrected chi connectivity index (χ1v) is 13.0. The van der Waals surface area contributed by atoms with Crippen molar-refractivity contribution >= 4 is 45.1 Å². The number of H-pyrrole nitrogens is 1. The van der Waals surface area contributed by atoms with Gasteiger partial charge in [0.15, 0.2) is 5.82 Å². The number of thiophene rings is 1. The molecule has 1 amide bonds. The maximum Gasteiger partial charge on any atom is 0.236 e. The number of sulfonamides is 1. The average molecular weight is 476 g/mol. The predicted molar refractivity (Wildman–Crippen MR) is 123 cm³/mol. The van der Waals surface area contributed by atoms with Gasteiger partial charge in [0, 0.05) is 31.6 Å². The Morgan fingerprint density at radius 3 is 2.61 bits per heavy atom. The first-order chi connectivity index (χ1) is 15.0. The van der Waals surface area contributed by atoms with Gasteiger partial charge in [-0.05, 0) is 23.1 Å². The quantitative estimate of drug-likeness (QED) is 0.528. The third kappa shape index (κ3) is 5.62. The lowest BCUT2D eigenvalue weighted by molar-refractivity contribution is -0.129. The second kappa shape index (κ2) is 9.77. The SMILES string of the molecule is O=C(CSc1n[nH]c(-c2cccs2)n1)N1CCN(S(=O)(=O)/C=C/c2ccccc2)CC1. The Morgan fingerprint density at radius 2 is 1.90 bits per heavy atom. The van der Waals surface area contributed by atoms with Crippen molar-refractivity contribution in [3.8, 4) is 10.7 Å². The minimum atomic E-state index is -3.52. The topological polar surface area (TPSA) is 99.3 Å². The summed E-state index contributed by atoms with van der Waals surface area (Å²) in [6.45, 7) is 1.29. The number of piperazine rings is 1. The standard InChI is InChI=1S/C20H21N5O3S3/c26-18(15-30-20-21-19(22-23-20)17-7-4-13-29-17)24-9-11-25(12-10-24)31(27,28)14-8-16-5-2-1-3-6-16/h1-8,13-14H,9-12,15H2,(H,21,22,23)/b14-8+. The Morgan fingerprint density at radius 1 is 1.13 bits per heavy atom. The van der Waals surface area contributed by atoms with Crippen LogP contribution in [0.1, 0.15) is 5.56 Å². The third-order valence-electron chi connectivity index (χ3n) is 4.73. The molecule has 0 unspecified atom stereocenters. The van der Waals surface area contributed by atoms with E-state index in [4.69, 9.17) is 0 Å². The summed E-state index contributed by atoms with van der Waals surface area (Å²) < 4.78 is 26.5. The fraction of sp³-hybridized carbons (Fsp3) is 0.250. The number of carbonyl (C=O) groups is 1. The molecule has 0 spiro atoms. The average Bonchev–Trinajstić information content (AvgIpc) is 3.49. The molecule has 31 heavy (non-hydrogen) atoms. The molecule has 2 aromatic heterocycles. The lowest BCUT2D eigenvalue weighted by Gasteiger charge is -2.33. The molecule has 3 heterocycles. The maximum absolute atomic E-state index is 12.6. The fourth-order valence-corrected chi connectivity index (χ4v) is 5.60. The number of nitrogens with one attached hydrogen (secondary N) is 1. The Kier molecular flexibility index (Phi) is 6.86.